The summed E-state index contributed by atoms with van der Waals surface area (Å²) in [6.45, 7) is 5.98. The van der Waals surface area contributed by atoms with Crippen molar-refractivity contribution >= 4 is 11.6 Å². The predicted octanol–water partition coefficient (Wildman–Crippen LogP) is 3.47. The molecule has 1 aromatic rings. The summed E-state index contributed by atoms with van der Waals surface area (Å²) >= 11 is 6.01. The lowest BCUT2D eigenvalue weighted by Gasteiger charge is -2.03. The normalized spacial score (nSPS) is 10.1. The molecule has 1 heteroatoms. The molecule has 0 N–H and O–H groups in total. The molecule has 0 atom stereocenters. The molecule has 59 valence electrons. The number of hydrogen-bond donors (Lipinski definition) is 0. The zero-order chi connectivity index (χ0) is 8.27. The van der Waals surface area contributed by atoms with Crippen molar-refractivity contribution in [2.24, 2.45) is 0 Å². The minimum atomic E-state index is 0.828. The molecule has 0 saturated carbocycles. The van der Waals surface area contributed by atoms with Gasteiger partial charge in [0.1, 0.15) is 0 Å². The smallest absolute Gasteiger partial charge is 0.0470 e. The maximum atomic E-state index is 6.01. The number of halogens is 1. The topological polar surface area (TPSA) is 0 Å². The first kappa shape index (κ1) is 8.61. The molecule has 0 saturated heterocycles. The minimum absolute atomic E-state index is 0.828. The molecule has 11 heavy (non-hydrogen) atoms. The molecule has 0 unspecified atom stereocenters. The molecule has 0 spiro atoms. The summed E-state index contributed by atoms with van der Waals surface area (Å²) in [4.78, 5) is 0. The van der Waals surface area contributed by atoms with E-state index in [0.29, 0.717) is 0 Å². The highest BCUT2D eigenvalue weighted by atomic mass is 35.5. The van der Waals surface area contributed by atoms with E-state index >= 15 is 0 Å². The lowest BCUT2D eigenvalue weighted by atomic mass is 10.1. The van der Waals surface area contributed by atoms with Gasteiger partial charge in [-0.05, 0) is 24.5 Å². The molecule has 1 radical (unpaired) electrons. The van der Waals surface area contributed by atoms with Crippen LogP contribution in [-0.2, 0) is 6.42 Å². The van der Waals surface area contributed by atoms with Crippen molar-refractivity contribution in [3.05, 3.63) is 41.3 Å². The molecule has 0 aliphatic heterocycles. The van der Waals surface area contributed by atoms with E-state index in [1.807, 2.05) is 12.1 Å². The Bertz CT molecular complexity index is 241. The Morgan fingerprint density at radius 2 is 2.18 bits per heavy atom. The van der Waals surface area contributed by atoms with Crippen LogP contribution < -0.4 is 0 Å². The summed E-state index contributed by atoms with van der Waals surface area (Å²) in [6.07, 6.45) is 2.17. The molecule has 0 aliphatic carbocycles. The van der Waals surface area contributed by atoms with Crippen LogP contribution in [0.3, 0.4) is 0 Å². The summed E-state index contributed by atoms with van der Waals surface area (Å²) < 4.78 is 0. The second-order valence-corrected chi connectivity index (χ2v) is 3.02. The van der Waals surface area contributed by atoms with Gasteiger partial charge in [0, 0.05) is 5.02 Å². The number of hydrogen-bond acceptors (Lipinski definition) is 0. The minimum Gasteiger partial charge on any atom is -0.0837 e. The van der Waals surface area contributed by atoms with Crippen LogP contribution in [0, 0.1) is 6.92 Å². The average molecular weight is 168 g/mol. The van der Waals surface area contributed by atoms with Crippen molar-refractivity contribution in [3.8, 4) is 0 Å². The van der Waals surface area contributed by atoms with Crippen LogP contribution in [0.2, 0.25) is 5.02 Å². The largest absolute Gasteiger partial charge is 0.0837 e. The van der Waals surface area contributed by atoms with Crippen LogP contribution in [0.25, 0.3) is 0 Å². The molecule has 0 aromatic heterocycles. The molecule has 0 heterocycles. The number of benzene rings is 1. The molecule has 0 aliphatic rings. The van der Waals surface area contributed by atoms with Gasteiger partial charge in [-0.15, -0.1) is 0 Å². The molecular formula is C10H12Cl. The van der Waals surface area contributed by atoms with Gasteiger partial charge in [0.25, 0.3) is 0 Å². The maximum absolute atomic E-state index is 6.01. The first-order valence-electron chi connectivity index (χ1n) is 3.85. The van der Waals surface area contributed by atoms with Crippen LogP contribution >= 0.6 is 11.6 Å². The highest BCUT2D eigenvalue weighted by molar-refractivity contribution is 6.32. The fourth-order valence-electron chi connectivity index (χ4n) is 1.10. The molecule has 0 amide bonds. The van der Waals surface area contributed by atoms with Crippen LogP contribution in [0.1, 0.15) is 24.5 Å². The van der Waals surface area contributed by atoms with Crippen LogP contribution in [0.4, 0.5) is 0 Å². The summed E-state index contributed by atoms with van der Waals surface area (Å²) in [7, 11) is 0. The van der Waals surface area contributed by atoms with Gasteiger partial charge in [-0.25, -0.2) is 0 Å². The molecule has 1 rings (SSSR count). The van der Waals surface area contributed by atoms with Gasteiger partial charge >= 0.3 is 0 Å². The van der Waals surface area contributed by atoms with Crippen molar-refractivity contribution in [1.82, 2.24) is 0 Å². The summed E-state index contributed by atoms with van der Waals surface area (Å²) in [6, 6.07) is 5.99. The van der Waals surface area contributed by atoms with Crippen LogP contribution in [-0.4, -0.2) is 0 Å². The zero-order valence-electron chi connectivity index (χ0n) is 6.73. The Hall–Kier alpha value is -0.490. The summed E-state index contributed by atoms with van der Waals surface area (Å²) in [5, 5.41) is 0.828. The fraction of sp³-hybridized carbons (Fsp3) is 0.300. The van der Waals surface area contributed by atoms with Gasteiger partial charge in [0.05, 0.1) is 0 Å². The van der Waals surface area contributed by atoms with Gasteiger partial charge in [-0.2, -0.15) is 0 Å². The third-order valence-corrected chi connectivity index (χ3v) is 2.16. The van der Waals surface area contributed by atoms with E-state index in [1.54, 1.807) is 0 Å². The quantitative estimate of drug-likeness (QED) is 0.633. The molecular weight excluding hydrogens is 156 g/mol. The lowest BCUT2D eigenvalue weighted by Crippen LogP contribution is -1.86. The number of aryl methyl sites for hydroxylation is 1. The van der Waals surface area contributed by atoms with Crippen LogP contribution in [0.5, 0.6) is 0 Å². The van der Waals surface area contributed by atoms with E-state index in [9.17, 15) is 0 Å². The second kappa shape index (κ2) is 3.77. The lowest BCUT2D eigenvalue weighted by molar-refractivity contribution is 0.921. The molecule has 0 fully saturated rings. The van der Waals surface area contributed by atoms with Crippen molar-refractivity contribution in [1.29, 1.82) is 0 Å². The van der Waals surface area contributed by atoms with Crippen LogP contribution in [0.15, 0.2) is 18.2 Å². The van der Waals surface area contributed by atoms with E-state index in [1.165, 1.54) is 5.56 Å². The molecule has 0 bridgehead atoms. The van der Waals surface area contributed by atoms with Gasteiger partial charge in [0.15, 0.2) is 0 Å². The Labute approximate surface area is 73.2 Å². The van der Waals surface area contributed by atoms with Gasteiger partial charge in [-0.3, -0.25) is 0 Å². The maximum Gasteiger partial charge on any atom is 0.0470 e. The van der Waals surface area contributed by atoms with Crippen molar-refractivity contribution in [3.63, 3.8) is 0 Å². The Kier molecular flexibility index (Phi) is 2.95. The van der Waals surface area contributed by atoms with E-state index in [0.717, 1.165) is 23.4 Å². The zero-order valence-corrected chi connectivity index (χ0v) is 7.49. The van der Waals surface area contributed by atoms with E-state index in [2.05, 4.69) is 19.9 Å². The SMILES string of the molecule is [CH2]c1cccc(CCC)c1Cl. The fourth-order valence-corrected chi connectivity index (χ4v) is 1.32. The van der Waals surface area contributed by atoms with Crippen molar-refractivity contribution < 1.29 is 0 Å². The summed E-state index contributed by atoms with van der Waals surface area (Å²) in [5.41, 5.74) is 2.14. The first-order chi connectivity index (χ1) is 5.25. The second-order valence-electron chi connectivity index (χ2n) is 2.64. The Morgan fingerprint density at radius 1 is 1.45 bits per heavy atom. The Balaban J connectivity index is 2.96. The van der Waals surface area contributed by atoms with Crippen molar-refractivity contribution in [2.45, 2.75) is 19.8 Å². The monoisotopic (exact) mass is 167 g/mol. The highest BCUT2D eigenvalue weighted by Gasteiger charge is 1.99. The van der Waals surface area contributed by atoms with E-state index in [4.69, 9.17) is 11.6 Å². The third kappa shape index (κ3) is 1.97. The molecule has 0 nitrogen and oxygen atoms in total. The number of rotatable bonds is 2. The standard InChI is InChI=1S/C10H12Cl/c1-3-5-9-7-4-6-8(2)10(9)11/h4,6-7H,2-3,5H2,1H3. The predicted molar refractivity (Wildman–Crippen MR) is 49.9 cm³/mol. The van der Waals surface area contributed by atoms with E-state index < -0.39 is 0 Å². The molecule has 1 aromatic carbocycles. The first-order valence-corrected chi connectivity index (χ1v) is 4.23. The Morgan fingerprint density at radius 3 is 2.82 bits per heavy atom. The van der Waals surface area contributed by atoms with E-state index in [-0.39, 0.29) is 0 Å². The van der Waals surface area contributed by atoms with Gasteiger partial charge in [0.2, 0.25) is 0 Å². The average Bonchev–Trinajstić information content (AvgIpc) is 1.99. The highest BCUT2D eigenvalue weighted by Crippen LogP contribution is 2.21. The van der Waals surface area contributed by atoms with Gasteiger partial charge < -0.3 is 0 Å². The van der Waals surface area contributed by atoms with Crippen molar-refractivity contribution in [2.75, 3.05) is 0 Å². The van der Waals surface area contributed by atoms with Gasteiger partial charge in [-0.1, -0.05) is 43.1 Å². The third-order valence-electron chi connectivity index (χ3n) is 1.68. The summed E-state index contributed by atoms with van der Waals surface area (Å²) in [5.74, 6) is 0.